The number of amides is 2. The van der Waals surface area contributed by atoms with Gasteiger partial charge >= 0.3 is 5.97 Å². The van der Waals surface area contributed by atoms with Gasteiger partial charge in [-0.25, -0.2) is 4.98 Å². The summed E-state index contributed by atoms with van der Waals surface area (Å²) < 4.78 is 0. The molecule has 2 aliphatic heterocycles. The number of nitrogens with one attached hydrogen (secondary N) is 3. The Hall–Kier alpha value is -3.28. The molecular weight excluding hydrogens is 504 g/mol. The zero-order chi connectivity index (χ0) is 27.0. The van der Waals surface area contributed by atoms with Crippen LogP contribution in [0, 0.1) is 6.92 Å². The molecule has 2 aliphatic rings. The molecule has 0 radical (unpaired) electrons. The van der Waals surface area contributed by atoms with Gasteiger partial charge in [-0.1, -0.05) is 11.6 Å². The van der Waals surface area contributed by atoms with Crippen LogP contribution in [0.4, 0.5) is 0 Å². The summed E-state index contributed by atoms with van der Waals surface area (Å²) in [6, 6.07) is 7.45. The normalized spacial score (nSPS) is 20.1. The van der Waals surface area contributed by atoms with Gasteiger partial charge in [-0.2, -0.15) is 0 Å². The molecule has 2 aromatic heterocycles. The minimum absolute atomic E-state index is 0.00570. The van der Waals surface area contributed by atoms with E-state index in [1.807, 2.05) is 36.1 Å². The number of H-pyrrole nitrogens is 1. The fraction of sp³-hybridized carbons (Fsp3) is 0.481. The number of thiazole rings is 1. The lowest BCUT2D eigenvalue weighted by Crippen LogP contribution is -2.51. The van der Waals surface area contributed by atoms with Gasteiger partial charge in [-0.15, -0.1) is 11.3 Å². The molecule has 0 aliphatic carbocycles. The van der Waals surface area contributed by atoms with Crippen molar-refractivity contribution in [2.75, 3.05) is 26.2 Å². The molecule has 2 atom stereocenters. The van der Waals surface area contributed by atoms with E-state index in [0.717, 1.165) is 46.5 Å². The molecule has 2 amide bonds. The van der Waals surface area contributed by atoms with Crippen LogP contribution in [-0.4, -0.2) is 87.0 Å². The number of aryl methyl sites for hydroxylation is 1. The summed E-state index contributed by atoms with van der Waals surface area (Å²) in [4.78, 5) is 50.8. The van der Waals surface area contributed by atoms with Gasteiger partial charge in [0.05, 0.1) is 24.2 Å². The standard InChI is InChI=1S/C27H34N6O4S/c1-15(2)33-9-6-19-23(14-33)38-27(31-19)26(37)30-22-13-32(8-7-24(34)35)12-21(22)29-25(36)20-11-17-10-16(3)4-5-18(17)28-20/h4-5,10-11,15,21-22,28H,6-9,12-14H2,1-3H3,(H,29,36)(H,30,37)(H,34,35)/t21-,22-/m1/s1. The van der Waals surface area contributed by atoms with Crippen LogP contribution >= 0.6 is 11.3 Å². The maximum Gasteiger partial charge on any atom is 0.304 e. The molecule has 1 aromatic carbocycles. The van der Waals surface area contributed by atoms with E-state index in [9.17, 15) is 14.4 Å². The smallest absolute Gasteiger partial charge is 0.304 e. The Morgan fingerprint density at radius 3 is 2.61 bits per heavy atom. The lowest BCUT2D eigenvalue weighted by Gasteiger charge is -2.29. The lowest BCUT2D eigenvalue weighted by atomic mass is 10.1. The number of benzene rings is 1. The monoisotopic (exact) mass is 538 g/mol. The summed E-state index contributed by atoms with van der Waals surface area (Å²) in [7, 11) is 0. The number of carboxylic acid groups (broad SMARTS) is 1. The molecule has 10 nitrogen and oxygen atoms in total. The number of rotatable bonds is 8. The maximum atomic E-state index is 13.2. The number of carbonyl (C=O) groups is 3. The zero-order valence-corrected chi connectivity index (χ0v) is 22.7. The topological polar surface area (TPSA) is 131 Å². The molecule has 0 unspecified atom stereocenters. The van der Waals surface area contributed by atoms with Crippen molar-refractivity contribution in [1.82, 2.24) is 30.4 Å². The summed E-state index contributed by atoms with van der Waals surface area (Å²) in [5.74, 6) is -1.40. The molecule has 1 fully saturated rings. The Balaban J connectivity index is 1.29. The highest BCUT2D eigenvalue weighted by molar-refractivity contribution is 7.13. The minimum Gasteiger partial charge on any atom is -0.481 e. The number of hydrogen-bond acceptors (Lipinski definition) is 7. The highest BCUT2D eigenvalue weighted by Crippen LogP contribution is 2.26. The summed E-state index contributed by atoms with van der Waals surface area (Å²) in [6.45, 7) is 9.30. The molecule has 11 heteroatoms. The predicted molar refractivity (Wildman–Crippen MR) is 146 cm³/mol. The molecule has 0 bridgehead atoms. The van der Waals surface area contributed by atoms with Gasteiger partial charge in [-0.3, -0.25) is 24.2 Å². The van der Waals surface area contributed by atoms with E-state index in [-0.39, 0.29) is 30.3 Å². The third-order valence-corrected chi connectivity index (χ3v) is 8.46. The van der Waals surface area contributed by atoms with E-state index in [4.69, 9.17) is 5.11 Å². The number of aliphatic carboxylic acids is 1. The predicted octanol–water partition coefficient (Wildman–Crippen LogP) is 2.39. The third kappa shape index (κ3) is 5.74. The van der Waals surface area contributed by atoms with Crippen molar-refractivity contribution >= 4 is 40.0 Å². The second-order valence-corrected chi connectivity index (χ2v) is 11.6. The van der Waals surface area contributed by atoms with Gasteiger partial charge in [0.15, 0.2) is 5.01 Å². The first-order valence-corrected chi connectivity index (χ1v) is 13.9. The Bertz CT molecular complexity index is 1360. The Labute approximate surface area is 225 Å². The average Bonchev–Trinajstić information content (AvgIpc) is 3.58. The molecule has 0 saturated carbocycles. The van der Waals surface area contributed by atoms with Gasteiger partial charge < -0.3 is 20.7 Å². The highest BCUT2D eigenvalue weighted by atomic mass is 32.1. The second kappa shape index (κ2) is 10.8. The van der Waals surface area contributed by atoms with Crippen molar-refractivity contribution in [2.45, 2.75) is 58.3 Å². The Kier molecular flexibility index (Phi) is 7.51. The van der Waals surface area contributed by atoms with Crippen LogP contribution in [0.3, 0.4) is 0 Å². The van der Waals surface area contributed by atoms with Crippen LogP contribution in [0.25, 0.3) is 10.9 Å². The summed E-state index contributed by atoms with van der Waals surface area (Å²) >= 11 is 1.43. The van der Waals surface area contributed by atoms with Gasteiger partial charge in [0.2, 0.25) is 0 Å². The lowest BCUT2D eigenvalue weighted by molar-refractivity contribution is -0.137. The number of aromatic amines is 1. The fourth-order valence-corrected chi connectivity index (χ4v) is 6.25. The van der Waals surface area contributed by atoms with E-state index in [2.05, 4.69) is 39.3 Å². The van der Waals surface area contributed by atoms with Crippen LogP contribution < -0.4 is 10.6 Å². The SMILES string of the molecule is Cc1ccc2[nH]c(C(=O)N[C@@H]3CN(CCC(=O)O)C[C@H]3NC(=O)c3nc4c(s3)CN(C(C)C)CC4)cc2c1. The first-order chi connectivity index (χ1) is 18.2. The summed E-state index contributed by atoms with van der Waals surface area (Å²) in [6.07, 6.45) is 0.820. The number of fused-ring (bicyclic) bond motifs is 2. The minimum atomic E-state index is -0.879. The second-order valence-electron chi connectivity index (χ2n) is 10.5. The highest BCUT2D eigenvalue weighted by Gasteiger charge is 2.36. The third-order valence-electron chi connectivity index (χ3n) is 7.38. The largest absolute Gasteiger partial charge is 0.481 e. The first kappa shape index (κ1) is 26.3. The summed E-state index contributed by atoms with van der Waals surface area (Å²) in [5, 5.41) is 16.7. The molecule has 38 heavy (non-hydrogen) atoms. The molecule has 0 spiro atoms. The van der Waals surface area contributed by atoms with Crippen molar-refractivity contribution in [1.29, 1.82) is 0 Å². The quantitative estimate of drug-likeness (QED) is 0.346. The van der Waals surface area contributed by atoms with Gasteiger partial charge in [0.1, 0.15) is 5.69 Å². The van der Waals surface area contributed by atoms with Crippen molar-refractivity contribution in [2.24, 2.45) is 0 Å². The maximum absolute atomic E-state index is 13.2. The molecule has 202 valence electrons. The van der Waals surface area contributed by atoms with Crippen LogP contribution in [0.1, 0.15) is 56.7 Å². The fourth-order valence-electron chi connectivity index (χ4n) is 5.22. The number of nitrogens with zero attached hydrogens (tertiary/aromatic N) is 3. The van der Waals surface area contributed by atoms with E-state index >= 15 is 0 Å². The molecule has 4 N–H and O–H groups in total. The van der Waals surface area contributed by atoms with Crippen molar-refractivity contribution in [3.63, 3.8) is 0 Å². The van der Waals surface area contributed by atoms with Crippen LogP contribution in [0.5, 0.6) is 0 Å². The Morgan fingerprint density at radius 2 is 1.89 bits per heavy atom. The van der Waals surface area contributed by atoms with Crippen molar-refractivity contribution < 1.29 is 19.5 Å². The van der Waals surface area contributed by atoms with E-state index in [1.165, 1.54) is 11.3 Å². The molecular formula is C27H34N6O4S. The van der Waals surface area contributed by atoms with Gasteiger partial charge in [0, 0.05) is 61.0 Å². The van der Waals surface area contributed by atoms with Crippen molar-refractivity contribution in [3.05, 3.63) is 51.1 Å². The Morgan fingerprint density at radius 1 is 1.16 bits per heavy atom. The molecule has 5 rings (SSSR count). The number of likely N-dealkylation sites (tertiary alicyclic amines) is 1. The van der Waals surface area contributed by atoms with E-state index in [0.29, 0.717) is 36.4 Å². The first-order valence-electron chi connectivity index (χ1n) is 13.0. The number of carboxylic acids is 1. The zero-order valence-electron chi connectivity index (χ0n) is 21.9. The number of hydrogen-bond donors (Lipinski definition) is 4. The van der Waals surface area contributed by atoms with E-state index < -0.39 is 5.97 Å². The molecule has 4 heterocycles. The summed E-state index contributed by atoms with van der Waals surface area (Å²) in [5.41, 5.74) is 3.42. The van der Waals surface area contributed by atoms with Gasteiger partial charge in [0.25, 0.3) is 11.8 Å². The van der Waals surface area contributed by atoms with Crippen LogP contribution in [0.2, 0.25) is 0 Å². The van der Waals surface area contributed by atoms with Crippen LogP contribution in [-0.2, 0) is 17.8 Å². The van der Waals surface area contributed by atoms with Crippen LogP contribution in [0.15, 0.2) is 24.3 Å². The number of carbonyl (C=O) groups excluding carboxylic acids is 2. The molecule has 1 saturated heterocycles. The number of aromatic nitrogens is 2. The van der Waals surface area contributed by atoms with Gasteiger partial charge in [-0.05, 0) is 39.0 Å². The average molecular weight is 539 g/mol. The van der Waals surface area contributed by atoms with E-state index in [1.54, 1.807) is 0 Å². The van der Waals surface area contributed by atoms with Crippen molar-refractivity contribution in [3.8, 4) is 0 Å². The molecule has 3 aromatic rings.